The molecule has 1 aliphatic carbocycles. The summed E-state index contributed by atoms with van der Waals surface area (Å²) < 4.78 is 13.7. The quantitative estimate of drug-likeness (QED) is 0.414. The number of aromatic nitrogens is 3. The first-order chi connectivity index (χ1) is 18.3. The lowest BCUT2D eigenvalue weighted by molar-refractivity contribution is -0.125. The molecule has 3 atom stereocenters. The first-order valence-electron chi connectivity index (χ1n) is 13.0. The van der Waals surface area contributed by atoms with E-state index in [-0.39, 0.29) is 24.7 Å². The van der Waals surface area contributed by atoms with Gasteiger partial charge in [-0.3, -0.25) is 4.79 Å². The molecule has 4 heterocycles. The first kappa shape index (κ1) is 24.3. The van der Waals surface area contributed by atoms with Crippen LogP contribution < -0.4 is 15.2 Å². The van der Waals surface area contributed by atoms with Crippen LogP contribution in [-0.4, -0.2) is 70.8 Å². The number of para-hydroxylation sites is 1. The van der Waals surface area contributed by atoms with Crippen molar-refractivity contribution in [3.05, 3.63) is 42.4 Å². The summed E-state index contributed by atoms with van der Waals surface area (Å²) in [6.45, 7) is 6.66. The van der Waals surface area contributed by atoms with Gasteiger partial charge >= 0.3 is 0 Å². The van der Waals surface area contributed by atoms with E-state index in [1.165, 1.54) is 6.33 Å². The van der Waals surface area contributed by atoms with Crippen LogP contribution in [0.3, 0.4) is 0 Å². The third kappa shape index (κ3) is 4.05. The monoisotopic (exact) mass is 512 g/mol. The minimum Gasteiger partial charge on any atom is -0.454 e. The number of nitrogens with two attached hydrogens (primary N) is 1. The Kier molecular flexibility index (Phi) is 6.00. The number of piperidine rings is 1. The van der Waals surface area contributed by atoms with Crippen LogP contribution in [0.5, 0.6) is 11.5 Å². The molecule has 2 aromatic heterocycles. The Hall–Kier alpha value is -4.03. The molecular weight excluding hydrogens is 480 g/mol. The number of nitrogen functional groups attached to an aromatic ring is 1. The van der Waals surface area contributed by atoms with Crippen molar-refractivity contribution in [1.29, 1.82) is 0 Å². The van der Waals surface area contributed by atoms with Gasteiger partial charge in [-0.1, -0.05) is 24.1 Å². The van der Waals surface area contributed by atoms with Gasteiger partial charge in [0.2, 0.25) is 12.7 Å². The summed E-state index contributed by atoms with van der Waals surface area (Å²) in [6.07, 6.45) is 5.10. The van der Waals surface area contributed by atoms with Gasteiger partial charge in [0.25, 0.3) is 0 Å². The van der Waals surface area contributed by atoms with Crippen LogP contribution in [-0.2, 0) is 4.79 Å². The fraction of sp³-hybridized carbons (Fsp3) is 0.414. The number of anilines is 1. The van der Waals surface area contributed by atoms with E-state index >= 15 is 0 Å². The van der Waals surface area contributed by atoms with Gasteiger partial charge in [-0.2, -0.15) is 0 Å². The molecule has 1 amide bonds. The summed E-state index contributed by atoms with van der Waals surface area (Å²) in [5, 5.41) is 0.770. The van der Waals surface area contributed by atoms with Crippen LogP contribution in [0.15, 0.2) is 36.7 Å². The highest BCUT2D eigenvalue weighted by Gasteiger charge is 2.55. The number of likely N-dealkylation sites (tertiary alicyclic amines) is 1. The Labute approximate surface area is 222 Å². The Morgan fingerprint density at radius 3 is 2.76 bits per heavy atom. The normalized spacial score (nSPS) is 21.4. The molecule has 2 fully saturated rings. The highest BCUT2D eigenvalue weighted by atomic mass is 16.7. The largest absolute Gasteiger partial charge is 0.454 e. The zero-order valence-electron chi connectivity index (χ0n) is 22.1. The van der Waals surface area contributed by atoms with Crippen molar-refractivity contribution in [1.82, 2.24) is 24.3 Å². The van der Waals surface area contributed by atoms with E-state index < -0.39 is 0 Å². The number of carbonyl (C=O) groups excluding carboxylic acids is 1. The van der Waals surface area contributed by atoms with Crippen molar-refractivity contribution >= 4 is 22.8 Å². The summed E-state index contributed by atoms with van der Waals surface area (Å²) in [4.78, 5) is 25.4. The third-order valence-corrected chi connectivity index (χ3v) is 7.59. The number of rotatable bonds is 5. The van der Waals surface area contributed by atoms with Gasteiger partial charge < -0.3 is 29.6 Å². The zero-order valence-corrected chi connectivity index (χ0v) is 22.1. The van der Waals surface area contributed by atoms with Crippen molar-refractivity contribution < 1.29 is 14.3 Å². The SMILES string of the molecule is CC(C)n1c(C#C[C@@H]2[C@H]3CN(C(=O)/C=C/CN(C)C)C[C@@H]23)c(-c2cccc3c2OCO3)c2c(N)ncnc21. The highest BCUT2D eigenvalue weighted by Crippen LogP contribution is 2.52. The lowest BCUT2D eigenvalue weighted by Gasteiger charge is -2.17. The molecule has 196 valence electrons. The maximum absolute atomic E-state index is 12.6. The van der Waals surface area contributed by atoms with Crippen LogP contribution in [0, 0.1) is 29.6 Å². The van der Waals surface area contributed by atoms with Gasteiger partial charge in [0.1, 0.15) is 23.5 Å². The van der Waals surface area contributed by atoms with Crippen LogP contribution in [0.4, 0.5) is 5.82 Å². The second kappa shape index (κ2) is 9.37. The van der Waals surface area contributed by atoms with E-state index in [1.807, 2.05) is 48.2 Å². The summed E-state index contributed by atoms with van der Waals surface area (Å²) in [7, 11) is 3.97. The number of fused-ring (bicyclic) bond motifs is 3. The molecule has 1 aromatic carbocycles. The maximum atomic E-state index is 12.6. The van der Waals surface area contributed by atoms with E-state index in [9.17, 15) is 4.79 Å². The Bertz CT molecular complexity index is 1500. The second-order valence-corrected chi connectivity index (χ2v) is 10.7. The number of hydrogen-bond acceptors (Lipinski definition) is 7. The molecule has 2 N–H and O–H groups in total. The maximum Gasteiger partial charge on any atom is 0.246 e. The average molecular weight is 513 g/mol. The van der Waals surface area contributed by atoms with Crippen molar-refractivity contribution in [3.63, 3.8) is 0 Å². The Morgan fingerprint density at radius 1 is 1.24 bits per heavy atom. The van der Waals surface area contributed by atoms with Crippen molar-refractivity contribution in [2.75, 3.05) is 46.3 Å². The van der Waals surface area contributed by atoms with E-state index in [2.05, 4.69) is 40.2 Å². The average Bonchev–Trinajstić information content (AvgIpc) is 3.30. The summed E-state index contributed by atoms with van der Waals surface area (Å²) >= 11 is 0. The van der Waals surface area contributed by atoms with Gasteiger partial charge in [0, 0.05) is 48.8 Å². The third-order valence-electron chi connectivity index (χ3n) is 7.59. The topological polar surface area (TPSA) is 98.7 Å². The highest BCUT2D eigenvalue weighted by molar-refractivity contribution is 6.05. The minimum atomic E-state index is 0.0854. The molecule has 9 heteroatoms. The number of ether oxygens (including phenoxy) is 2. The van der Waals surface area contributed by atoms with Gasteiger partial charge in [-0.15, -0.1) is 0 Å². The molecule has 0 spiro atoms. The molecule has 0 unspecified atom stereocenters. The fourth-order valence-corrected chi connectivity index (χ4v) is 5.71. The minimum absolute atomic E-state index is 0.0854. The predicted octanol–water partition coefficient (Wildman–Crippen LogP) is 3.16. The Balaban J connectivity index is 1.35. The molecular formula is C29H32N6O3. The molecule has 38 heavy (non-hydrogen) atoms. The molecule has 2 aliphatic heterocycles. The van der Waals surface area contributed by atoms with Crippen molar-refractivity contribution in [3.8, 4) is 34.5 Å². The first-order valence-corrected chi connectivity index (χ1v) is 13.0. The number of benzene rings is 1. The summed E-state index contributed by atoms with van der Waals surface area (Å²) in [5.41, 5.74) is 9.76. The Morgan fingerprint density at radius 2 is 2.03 bits per heavy atom. The predicted molar refractivity (Wildman–Crippen MR) is 146 cm³/mol. The van der Waals surface area contributed by atoms with Crippen LogP contribution in [0.25, 0.3) is 22.2 Å². The standard InChI is InChI=1S/C29H32N6O3/c1-17(2)35-22(11-10-18-20-13-34(14-21(18)20)24(36)9-6-12-33(3)4)25(26-28(30)31-15-32-29(26)35)19-7-5-8-23-27(19)38-16-37-23/h5-9,15,17-18,20-21H,12-14,16H2,1-4H3,(H2,30,31,32)/b9-6+/t18-,20-,21+. The summed E-state index contributed by atoms with van der Waals surface area (Å²) in [6, 6.07) is 5.94. The molecule has 1 saturated carbocycles. The summed E-state index contributed by atoms with van der Waals surface area (Å²) in [5.74, 6) is 10.0. The lowest BCUT2D eigenvalue weighted by Crippen LogP contribution is -2.30. The molecule has 6 rings (SSSR count). The number of carbonyl (C=O) groups is 1. The molecule has 9 nitrogen and oxygen atoms in total. The van der Waals surface area contributed by atoms with Crippen LogP contribution in [0.1, 0.15) is 25.6 Å². The van der Waals surface area contributed by atoms with Crippen LogP contribution in [0.2, 0.25) is 0 Å². The molecule has 0 radical (unpaired) electrons. The molecule has 0 bridgehead atoms. The second-order valence-electron chi connectivity index (χ2n) is 10.7. The van der Waals surface area contributed by atoms with Gasteiger partial charge in [0.15, 0.2) is 11.5 Å². The molecule has 3 aliphatic rings. The van der Waals surface area contributed by atoms with Crippen molar-refractivity contribution in [2.45, 2.75) is 19.9 Å². The fourth-order valence-electron chi connectivity index (χ4n) is 5.71. The lowest BCUT2D eigenvalue weighted by atomic mass is 10.0. The van der Waals surface area contributed by atoms with E-state index in [4.69, 9.17) is 15.2 Å². The molecule has 3 aromatic rings. The smallest absolute Gasteiger partial charge is 0.246 e. The molecule has 1 saturated heterocycles. The number of amides is 1. The van der Waals surface area contributed by atoms with Gasteiger partial charge in [-0.25, -0.2) is 9.97 Å². The van der Waals surface area contributed by atoms with Crippen molar-refractivity contribution in [2.24, 2.45) is 17.8 Å². The number of nitrogens with zero attached hydrogens (tertiary/aromatic N) is 5. The van der Waals surface area contributed by atoms with E-state index in [0.717, 1.165) is 47.5 Å². The van der Waals surface area contributed by atoms with E-state index in [1.54, 1.807) is 6.08 Å². The zero-order chi connectivity index (χ0) is 26.6. The van der Waals surface area contributed by atoms with Crippen LogP contribution >= 0.6 is 0 Å². The van der Waals surface area contributed by atoms with Gasteiger partial charge in [0.05, 0.1) is 5.39 Å². The van der Waals surface area contributed by atoms with Gasteiger partial charge in [-0.05, 0) is 51.8 Å². The van der Waals surface area contributed by atoms with E-state index in [0.29, 0.717) is 29.2 Å². The number of likely N-dealkylation sites (N-methyl/N-ethyl adjacent to an activating group) is 1. The number of hydrogen-bond donors (Lipinski definition) is 1.